The topological polar surface area (TPSA) is 53.4 Å². The minimum atomic E-state index is -0.982. The lowest BCUT2D eigenvalue weighted by molar-refractivity contribution is -0.0914. The van der Waals surface area contributed by atoms with E-state index in [4.69, 9.17) is 0 Å². The zero-order valence-corrected chi connectivity index (χ0v) is 10.6. The summed E-state index contributed by atoms with van der Waals surface area (Å²) < 4.78 is 0. The van der Waals surface area contributed by atoms with Crippen molar-refractivity contribution >= 4 is 0 Å². The molecule has 0 amide bonds. The second-order valence-electron chi connectivity index (χ2n) is 4.95. The van der Waals surface area contributed by atoms with Crippen molar-refractivity contribution in [1.29, 1.82) is 0 Å². The van der Waals surface area contributed by atoms with Gasteiger partial charge in [0.15, 0.2) is 0 Å². The van der Waals surface area contributed by atoms with Crippen LogP contribution in [0.5, 0.6) is 0 Å². The van der Waals surface area contributed by atoms with Crippen LogP contribution in [-0.2, 0) is 6.42 Å². The van der Waals surface area contributed by atoms with E-state index in [1.807, 2.05) is 19.9 Å². The third-order valence-electron chi connectivity index (χ3n) is 4.16. The number of pyridine rings is 1. The summed E-state index contributed by atoms with van der Waals surface area (Å²) in [5.74, 6) is -0.0175. The first-order valence-corrected chi connectivity index (χ1v) is 6.46. The van der Waals surface area contributed by atoms with Crippen LogP contribution in [0.3, 0.4) is 0 Å². The van der Waals surface area contributed by atoms with Gasteiger partial charge in [-0.2, -0.15) is 0 Å². The van der Waals surface area contributed by atoms with E-state index < -0.39 is 11.7 Å². The first-order chi connectivity index (χ1) is 8.12. The second kappa shape index (κ2) is 4.75. The van der Waals surface area contributed by atoms with Crippen molar-refractivity contribution in [2.24, 2.45) is 0 Å². The molecule has 1 aromatic heterocycles. The molecule has 94 valence electrons. The number of fused-ring (bicyclic) bond motifs is 1. The van der Waals surface area contributed by atoms with Crippen molar-refractivity contribution in [3.8, 4) is 0 Å². The number of aromatic nitrogens is 1. The molecule has 1 heterocycles. The van der Waals surface area contributed by atoms with Crippen LogP contribution in [0.1, 0.15) is 50.3 Å². The summed E-state index contributed by atoms with van der Waals surface area (Å²) in [5, 5.41) is 20.8. The number of aryl methyl sites for hydroxylation is 1. The molecule has 17 heavy (non-hydrogen) atoms. The smallest absolute Gasteiger partial charge is 0.0910 e. The third kappa shape index (κ3) is 2.09. The summed E-state index contributed by atoms with van der Waals surface area (Å²) in [4.78, 5) is 4.37. The van der Waals surface area contributed by atoms with Gasteiger partial charge in [0.05, 0.1) is 11.7 Å². The van der Waals surface area contributed by atoms with Crippen molar-refractivity contribution in [3.63, 3.8) is 0 Å². The molecule has 2 atom stereocenters. The Morgan fingerprint density at radius 3 is 2.82 bits per heavy atom. The zero-order chi connectivity index (χ0) is 12.5. The average molecular weight is 235 g/mol. The summed E-state index contributed by atoms with van der Waals surface area (Å²) in [7, 11) is 0. The fraction of sp³-hybridized carbons (Fsp3) is 0.643. The second-order valence-corrected chi connectivity index (χ2v) is 4.95. The van der Waals surface area contributed by atoms with Crippen LogP contribution in [-0.4, -0.2) is 26.9 Å². The molecule has 2 N–H and O–H groups in total. The average Bonchev–Trinajstić information content (AvgIpc) is 2.80. The Morgan fingerprint density at radius 2 is 2.18 bits per heavy atom. The van der Waals surface area contributed by atoms with E-state index in [1.54, 1.807) is 6.20 Å². The molecule has 0 bridgehead atoms. The molecule has 0 radical (unpaired) electrons. The molecule has 3 nitrogen and oxygen atoms in total. The van der Waals surface area contributed by atoms with Gasteiger partial charge in [0, 0.05) is 17.8 Å². The molecule has 0 aromatic carbocycles. The molecular weight excluding hydrogens is 214 g/mol. The Bertz CT molecular complexity index is 388. The maximum atomic E-state index is 10.4. The Kier molecular flexibility index (Phi) is 3.50. The first-order valence-electron chi connectivity index (χ1n) is 6.46. The minimum absolute atomic E-state index is 0.0175. The molecule has 0 saturated carbocycles. The van der Waals surface area contributed by atoms with Crippen LogP contribution >= 0.6 is 0 Å². The van der Waals surface area contributed by atoms with Crippen molar-refractivity contribution in [2.75, 3.05) is 0 Å². The first kappa shape index (κ1) is 12.5. The quantitative estimate of drug-likeness (QED) is 0.839. The van der Waals surface area contributed by atoms with Gasteiger partial charge in [-0.1, -0.05) is 19.9 Å². The molecule has 1 aliphatic carbocycles. The van der Waals surface area contributed by atoms with Gasteiger partial charge in [0.25, 0.3) is 0 Å². The normalized spacial score (nSPS) is 21.3. The molecule has 2 rings (SSSR count). The summed E-state index contributed by atoms with van der Waals surface area (Å²) in [6.45, 7) is 3.84. The Morgan fingerprint density at radius 1 is 1.47 bits per heavy atom. The molecule has 0 aliphatic heterocycles. The van der Waals surface area contributed by atoms with Crippen LogP contribution in [0.25, 0.3) is 0 Å². The van der Waals surface area contributed by atoms with Gasteiger partial charge in [-0.15, -0.1) is 0 Å². The maximum Gasteiger partial charge on any atom is 0.0910 e. The molecular formula is C14H21NO2. The van der Waals surface area contributed by atoms with Gasteiger partial charge >= 0.3 is 0 Å². The number of rotatable bonds is 4. The lowest BCUT2D eigenvalue weighted by atomic mass is 9.82. The lowest BCUT2D eigenvalue weighted by Crippen LogP contribution is -2.44. The predicted octanol–water partition coefficient (Wildman–Crippen LogP) is 2.02. The van der Waals surface area contributed by atoms with Crippen molar-refractivity contribution in [1.82, 2.24) is 4.98 Å². The largest absolute Gasteiger partial charge is 0.389 e. The van der Waals surface area contributed by atoms with E-state index in [0.717, 1.165) is 18.5 Å². The number of aliphatic hydroxyl groups is 2. The van der Waals surface area contributed by atoms with Gasteiger partial charge < -0.3 is 10.2 Å². The third-order valence-corrected chi connectivity index (χ3v) is 4.16. The van der Waals surface area contributed by atoms with Crippen molar-refractivity contribution in [2.45, 2.75) is 57.2 Å². The van der Waals surface area contributed by atoms with Gasteiger partial charge in [-0.05, 0) is 37.3 Å². The number of nitrogens with zero attached hydrogens (tertiary/aromatic N) is 1. The van der Waals surface area contributed by atoms with Crippen LogP contribution in [0.15, 0.2) is 18.3 Å². The van der Waals surface area contributed by atoms with E-state index in [1.165, 1.54) is 5.56 Å². The van der Waals surface area contributed by atoms with Crippen LogP contribution in [0.4, 0.5) is 0 Å². The number of hydrogen-bond acceptors (Lipinski definition) is 3. The lowest BCUT2D eigenvalue weighted by Gasteiger charge is -2.34. The molecule has 2 unspecified atom stereocenters. The van der Waals surface area contributed by atoms with E-state index in [-0.39, 0.29) is 5.92 Å². The maximum absolute atomic E-state index is 10.4. The highest BCUT2D eigenvalue weighted by molar-refractivity contribution is 5.30. The Labute approximate surface area is 103 Å². The molecule has 1 aromatic rings. The van der Waals surface area contributed by atoms with Gasteiger partial charge in [0.1, 0.15) is 0 Å². The van der Waals surface area contributed by atoms with Crippen LogP contribution in [0, 0.1) is 0 Å². The van der Waals surface area contributed by atoms with E-state index in [2.05, 4.69) is 11.1 Å². The molecule has 0 saturated heterocycles. The monoisotopic (exact) mass is 235 g/mol. The van der Waals surface area contributed by atoms with Crippen molar-refractivity contribution in [3.05, 3.63) is 29.6 Å². The fourth-order valence-corrected chi connectivity index (χ4v) is 2.79. The van der Waals surface area contributed by atoms with Gasteiger partial charge in [-0.3, -0.25) is 4.98 Å². The fourth-order valence-electron chi connectivity index (χ4n) is 2.79. The van der Waals surface area contributed by atoms with Crippen LogP contribution in [0.2, 0.25) is 0 Å². The van der Waals surface area contributed by atoms with Crippen molar-refractivity contribution < 1.29 is 10.2 Å². The molecule has 1 aliphatic rings. The van der Waals surface area contributed by atoms with E-state index in [9.17, 15) is 10.2 Å². The molecule has 0 spiro atoms. The summed E-state index contributed by atoms with van der Waals surface area (Å²) in [5.41, 5.74) is 1.20. The van der Waals surface area contributed by atoms with E-state index >= 15 is 0 Å². The predicted molar refractivity (Wildman–Crippen MR) is 66.8 cm³/mol. The minimum Gasteiger partial charge on any atom is -0.389 e. The SMILES string of the molecule is CCC(O)(CC)C(O)C1CCc2cccnc21. The van der Waals surface area contributed by atoms with E-state index in [0.29, 0.717) is 12.8 Å². The molecule has 3 heteroatoms. The van der Waals surface area contributed by atoms with Crippen LogP contribution < -0.4 is 0 Å². The summed E-state index contributed by atoms with van der Waals surface area (Å²) in [6, 6.07) is 3.99. The summed E-state index contributed by atoms with van der Waals surface area (Å²) in [6.07, 6.45) is 4.03. The highest BCUT2D eigenvalue weighted by atomic mass is 16.3. The Hall–Kier alpha value is -0.930. The highest BCUT2D eigenvalue weighted by Gasteiger charge is 2.41. The summed E-state index contributed by atoms with van der Waals surface area (Å²) >= 11 is 0. The number of aliphatic hydroxyl groups excluding tert-OH is 1. The highest BCUT2D eigenvalue weighted by Crippen LogP contribution is 2.39. The van der Waals surface area contributed by atoms with Gasteiger partial charge in [-0.25, -0.2) is 0 Å². The Balaban J connectivity index is 2.26. The van der Waals surface area contributed by atoms with Gasteiger partial charge in [0.2, 0.25) is 0 Å². The molecule has 0 fully saturated rings. The number of hydrogen-bond donors (Lipinski definition) is 2. The standard InChI is InChI=1S/C14H21NO2/c1-3-14(17,4-2)13(16)11-8-7-10-6-5-9-15-12(10)11/h5-6,9,11,13,16-17H,3-4,7-8H2,1-2H3. The zero-order valence-electron chi connectivity index (χ0n) is 10.6.